The number of rotatable bonds is 9. The van der Waals surface area contributed by atoms with Crippen molar-refractivity contribution in [3.63, 3.8) is 0 Å². The zero-order valence-electron chi connectivity index (χ0n) is 20.1. The fourth-order valence-electron chi connectivity index (χ4n) is 3.55. The van der Waals surface area contributed by atoms with Gasteiger partial charge in [0.2, 0.25) is 5.91 Å². The zero-order chi connectivity index (χ0) is 25.4. The summed E-state index contributed by atoms with van der Waals surface area (Å²) in [6.45, 7) is 5.35. The summed E-state index contributed by atoms with van der Waals surface area (Å²) in [5, 5.41) is 2.97. The van der Waals surface area contributed by atoms with Crippen LogP contribution in [0.5, 0.6) is 5.75 Å². The Kier molecular flexibility index (Phi) is 8.58. The van der Waals surface area contributed by atoms with Gasteiger partial charge in [-0.2, -0.15) is 0 Å². The first-order valence-electron chi connectivity index (χ1n) is 11.4. The summed E-state index contributed by atoms with van der Waals surface area (Å²) in [6.07, 6.45) is 0.284. The lowest BCUT2D eigenvalue weighted by molar-refractivity contribution is -0.143. The smallest absolute Gasteiger partial charge is 0.261 e. The third-order valence-corrected chi connectivity index (χ3v) is 5.21. The topological polar surface area (TPSA) is 58.6 Å². The quantitative estimate of drug-likeness (QED) is 0.474. The van der Waals surface area contributed by atoms with Crippen LogP contribution in [0.15, 0.2) is 78.9 Å². The van der Waals surface area contributed by atoms with E-state index in [1.165, 1.54) is 41.3 Å². The Bertz CT molecular complexity index is 1110. The second kappa shape index (κ2) is 11.6. The van der Waals surface area contributed by atoms with Crippen molar-refractivity contribution in [3.05, 3.63) is 102 Å². The lowest BCUT2D eigenvalue weighted by Crippen LogP contribution is -2.55. The summed E-state index contributed by atoms with van der Waals surface area (Å²) in [5.41, 5.74) is 1.04. The number of amides is 2. The number of nitrogens with one attached hydrogen (secondary N) is 1. The molecule has 0 heterocycles. The van der Waals surface area contributed by atoms with Crippen molar-refractivity contribution in [1.82, 2.24) is 10.2 Å². The van der Waals surface area contributed by atoms with Crippen molar-refractivity contribution in [2.45, 2.75) is 45.3 Å². The Morgan fingerprint density at radius 1 is 0.857 bits per heavy atom. The number of carbonyl (C=O) groups excluding carboxylic acids is 2. The predicted octanol–water partition coefficient (Wildman–Crippen LogP) is 4.90. The van der Waals surface area contributed by atoms with Crippen LogP contribution < -0.4 is 10.1 Å². The number of ether oxygens (including phenoxy) is 1. The predicted molar refractivity (Wildman–Crippen MR) is 131 cm³/mol. The molecule has 0 fully saturated rings. The molecule has 3 rings (SSSR count). The van der Waals surface area contributed by atoms with Crippen molar-refractivity contribution in [3.8, 4) is 5.75 Å². The molecule has 0 saturated heterocycles. The lowest BCUT2D eigenvalue weighted by atomic mass is 10.0. The van der Waals surface area contributed by atoms with E-state index < -0.39 is 29.1 Å². The molecule has 2 amide bonds. The van der Waals surface area contributed by atoms with Crippen LogP contribution >= 0.6 is 0 Å². The second-order valence-corrected chi connectivity index (χ2v) is 9.34. The second-order valence-electron chi connectivity index (χ2n) is 9.34. The Morgan fingerprint density at radius 2 is 1.43 bits per heavy atom. The average Bonchev–Trinajstić information content (AvgIpc) is 2.81. The molecule has 184 valence electrons. The van der Waals surface area contributed by atoms with E-state index in [-0.39, 0.29) is 25.5 Å². The van der Waals surface area contributed by atoms with Gasteiger partial charge in [-0.25, -0.2) is 8.78 Å². The van der Waals surface area contributed by atoms with Crippen molar-refractivity contribution >= 4 is 11.8 Å². The number of hydrogen-bond acceptors (Lipinski definition) is 3. The molecule has 5 nitrogen and oxygen atoms in total. The van der Waals surface area contributed by atoms with E-state index in [1.54, 1.807) is 12.1 Å². The van der Waals surface area contributed by atoms with Gasteiger partial charge in [-0.05, 0) is 68.3 Å². The van der Waals surface area contributed by atoms with E-state index in [0.717, 1.165) is 5.56 Å². The number of nitrogens with zero attached hydrogens (tertiary/aromatic N) is 1. The van der Waals surface area contributed by atoms with Gasteiger partial charge in [-0.1, -0.05) is 42.5 Å². The van der Waals surface area contributed by atoms with E-state index in [9.17, 15) is 18.4 Å². The summed E-state index contributed by atoms with van der Waals surface area (Å²) < 4.78 is 32.3. The van der Waals surface area contributed by atoms with Crippen LogP contribution in [0.1, 0.15) is 31.9 Å². The molecule has 0 radical (unpaired) electrons. The molecule has 35 heavy (non-hydrogen) atoms. The van der Waals surface area contributed by atoms with Gasteiger partial charge in [0.15, 0.2) is 6.61 Å². The summed E-state index contributed by atoms with van der Waals surface area (Å²) in [4.78, 5) is 28.3. The van der Waals surface area contributed by atoms with Gasteiger partial charge < -0.3 is 15.0 Å². The maximum absolute atomic E-state index is 13.5. The Balaban J connectivity index is 1.91. The molecule has 3 aromatic rings. The van der Waals surface area contributed by atoms with E-state index in [2.05, 4.69) is 5.32 Å². The molecule has 0 aliphatic carbocycles. The minimum Gasteiger partial charge on any atom is -0.484 e. The molecular formula is C28H30F2N2O3. The van der Waals surface area contributed by atoms with Crippen molar-refractivity contribution in [1.29, 1.82) is 0 Å². The highest BCUT2D eigenvalue weighted by Gasteiger charge is 2.32. The van der Waals surface area contributed by atoms with Gasteiger partial charge >= 0.3 is 0 Å². The van der Waals surface area contributed by atoms with Crippen LogP contribution in [0.4, 0.5) is 8.78 Å². The normalized spacial score (nSPS) is 12.0. The molecule has 0 bridgehead atoms. The zero-order valence-corrected chi connectivity index (χ0v) is 20.1. The molecule has 0 unspecified atom stereocenters. The average molecular weight is 481 g/mol. The van der Waals surface area contributed by atoms with Gasteiger partial charge in [-0.15, -0.1) is 0 Å². The van der Waals surface area contributed by atoms with Crippen LogP contribution in [0.25, 0.3) is 0 Å². The molecule has 3 aromatic carbocycles. The SMILES string of the molecule is CC(C)(C)NC(=O)[C@@H](Cc1ccccc1)N(Cc1ccc(F)cc1)C(=O)COc1ccc(F)cc1. The molecule has 0 aliphatic rings. The highest BCUT2D eigenvalue weighted by Crippen LogP contribution is 2.18. The largest absolute Gasteiger partial charge is 0.484 e. The van der Waals surface area contributed by atoms with Crippen LogP contribution in [-0.4, -0.2) is 34.9 Å². The number of carbonyl (C=O) groups is 2. The van der Waals surface area contributed by atoms with Crippen LogP contribution in [0.2, 0.25) is 0 Å². The number of hydrogen-bond donors (Lipinski definition) is 1. The van der Waals surface area contributed by atoms with E-state index in [4.69, 9.17) is 4.74 Å². The standard InChI is InChI=1S/C28H30F2N2O3/c1-28(2,3)31-27(34)25(17-20-7-5-4-6-8-20)32(18-21-9-11-22(29)12-10-21)26(33)19-35-24-15-13-23(30)14-16-24/h4-16,25H,17-19H2,1-3H3,(H,31,34)/t25-/m1/s1. The highest BCUT2D eigenvalue weighted by molar-refractivity contribution is 5.89. The van der Waals surface area contributed by atoms with E-state index in [1.807, 2.05) is 51.1 Å². The minimum absolute atomic E-state index is 0.0843. The van der Waals surface area contributed by atoms with Gasteiger partial charge in [-0.3, -0.25) is 9.59 Å². The first-order chi connectivity index (χ1) is 16.6. The summed E-state index contributed by atoms with van der Waals surface area (Å²) >= 11 is 0. The van der Waals surface area contributed by atoms with Crippen LogP contribution in [0, 0.1) is 11.6 Å². The highest BCUT2D eigenvalue weighted by atomic mass is 19.1. The Morgan fingerprint density at radius 3 is 2.00 bits per heavy atom. The summed E-state index contributed by atoms with van der Waals surface area (Å²) in [7, 11) is 0. The van der Waals surface area contributed by atoms with Gasteiger partial charge in [0.25, 0.3) is 5.91 Å². The summed E-state index contributed by atoms with van der Waals surface area (Å²) in [5.74, 6) is -1.21. The van der Waals surface area contributed by atoms with Crippen LogP contribution in [-0.2, 0) is 22.6 Å². The Labute approximate surface area is 204 Å². The molecule has 0 aromatic heterocycles. The van der Waals surface area contributed by atoms with Gasteiger partial charge in [0.1, 0.15) is 23.4 Å². The fraction of sp³-hybridized carbons (Fsp3) is 0.286. The fourth-order valence-corrected chi connectivity index (χ4v) is 3.55. The molecule has 0 spiro atoms. The number of benzene rings is 3. The van der Waals surface area contributed by atoms with Crippen LogP contribution in [0.3, 0.4) is 0 Å². The molecular weight excluding hydrogens is 450 g/mol. The van der Waals surface area contributed by atoms with Crippen molar-refractivity contribution in [2.24, 2.45) is 0 Å². The lowest BCUT2D eigenvalue weighted by Gasteiger charge is -2.33. The molecule has 0 aliphatic heterocycles. The first kappa shape index (κ1) is 25.9. The minimum atomic E-state index is -0.842. The molecule has 0 saturated carbocycles. The number of halogens is 2. The monoisotopic (exact) mass is 480 g/mol. The molecule has 7 heteroatoms. The van der Waals surface area contributed by atoms with E-state index in [0.29, 0.717) is 11.3 Å². The maximum atomic E-state index is 13.5. The molecule has 1 atom stereocenters. The van der Waals surface area contributed by atoms with Gasteiger partial charge in [0.05, 0.1) is 0 Å². The first-order valence-corrected chi connectivity index (χ1v) is 11.4. The third-order valence-electron chi connectivity index (χ3n) is 5.21. The molecule has 1 N–H and O–H groups in total. The van der Waals surface area contributed by atoms with Gasteiger partial charge in [0, 0.05) is 18.5 Å². The Hall–Kier alpha value is -3.74. The third kappa shape index (κ3) is 8.21. The van der Waals surface area contributed by atoms with Crippen molar-refractivity contribution < 1.29 is 23.1 Å². The summed E-state index contributed by atoms with van der Waals surface area (Å²) in [6, 6.07) is 19.7. The van der Waals surface area contributed by atoms with Crippen molar-refractivity contribution in [2.75, 3.05) is 6.61 Å². The van der Waals surface area contributed by atoms with E-state index >= 15 is 0 Å². The maximum Gasteiger partial charge on any atom is 0.261 e.